The number of carbonyl (C=O) groups is 2. The predicted octanol–water partition coefficient (Wildman–Crippen LogP) is 2.15. The van der Waals surface area contributed by atoms with Crippen LogP contribution in [0.4, 0.5) is 5.69 Å². The Labute approximate surface area is 92.9 Å². The molecule has 1 aromatic carbocycles. The van der Waals surface area contributed by atoms with Gasteiger partial charge < -0.3 is 4.74 Å². The second-order valence-electron chi connectivity index (χ2n) is 3.39. The Kier molecular flexibility index (Phi) is 2.81. The van der Waals surface area contributed by atoms with Crippen molar-refractivity contribution in [2.75, 3.05) is 6.61 Å². The average Bonchev–Trinajstić information content (AvgIpc) is 2.29. The van der Waals surface area contributed by atoms with Crippen LogP contribution in [-0.4, -0.2) is 24.6 Å². The van der Waals surface area contributed by atoms with Crippen molar-refractivity contribution < 1.29 is 14.3 Å². The van der Waals surface area contributed by atoms with Crippen molar-refractivity contribution in [3.63, 3.8) is 0 Å². The molecule has 4 nitrogen and oxygen atoms in total. The van der Waals surface area contributed by atoms with Crippen LogP contribution >= 0.6 is 0 Å². The van der Waals surface area contributed by atoms with Gasteiger partial charge in [-0.3, -0.25) is 9.79 Å². The van der Waals surface area contributed by atoms with Crippen molar-refractivity contribution in [3.8, 4) is 0 Å². The lowest BCUT2D eigenvalue weighted by molar-refractivity contribution is 0.0526. The number of nitrogens with zero attached hydrogens (tertiary/aromatic N) is 1. The van der Waals surface area contributed by atoms with E-state index in [1.54, 1.807) is 31.3 Å². The summed E-state index contributed by atoms with van der Waals surface area (Å²) in [7, 11) is 0. The molecule has 1 heterocycles. The monoisotopic (exact) mass is 217 g/mol. The molecule has 0 N–H and O–H groups in total. The molecule has 0 bridgehead atoms. The molecule has 0 unspecified atom stereocenters. The maximum atomic E-state index is 11.6. The third-order valence-corrected chi connectivity index (χ3v) is 2.32. The van der Waals surface area contributed by atoms with E-state index in [1.165, 1.54) is 0 Å². The number of carbonyl (C=O) groups excluding carboxylic acids is 2. The van der Waals surface area contributed by atoms with Crippen molar-refractivity contribution in [2.24, 2.45) is 4.99 Å². The molecule has 0 radical (unpaired) electrons. The van der Waals surface area contributed by atoms with Gasteiger partial charge in [0.15, 0.2) is 5.78 Å². The summed E-state index contributed by atoms with van der Waals surface area (Å²) in [5.74, 6) is -0.427. The van der Waals surface area contributed by atoms with E-state index < -0.39 is 5.97 Å². The van der Waals surface area contributed by atoms with E-state index >= 15 is 0 Å². The van der Waals surface area contributed by atoms with Gasteiger partial charge in [0.05, 0.1) is 17.9 Å². The molecule has 0 spiro atoms. The summed E-state index contributed by atoms with van der Waals surface area (Å²) >= 11 is 0. The maximum absolute atomic E-state index is 11.6. The maximum Gasteiger partial charge on any atom is 0.338 e. The molecule has 0 saturated carbocycles. The van der Waals surface area contributed by atoms with E-state index in [9.17, 15) is 9.59 Å². The van der Waals surface area contributed by atoms with Crippen LogP contribution in [0.15, 0.2) is 23.2 Å². The first-order valence-electron chi connectivity index (χ1n) is 5.09. The minimum absolute atomic E-state index is 0.0175. The normalized spacial score (nSPS) is 13.4. The van der Waals surface area contributed by atoms with Gasteiger partial charge in [-0.15, -0.1) is 0 Å². The number of ether oxygens (including phenoxy) is 1. The second-order valence-corrected chi connectivity index (χ2v) is 3.39. The van der Waals surface area contributed by atoms with Crippen LogP contribution in [0.5, 0.6) is 0 Å². The Morgan fingerprint density at radius 1 is 1.50 bits per heavy atom. The zero-order chi connectivity index (χ0) is 11.5. The van der Waals surface area contributed by atoms with Crippen LogP contribution in [0.25, 0.3) is 0 Å². The van der Waals surface area contributed by atoms with Crippen LogP contribution in [0, 0.1) is 0 Å². The zero-order valence-corrected chi connectivity index (χ0v) is 8.90. The van der Waals surface area contributed by atoms with Crippen LogP contribution in [-0.2, 0) is 4.74 Å². The lowest BCUT2D eigenvalue weighted by atomic mass is 10.0. The Morgan fingerprint density at radius 2 is 2.31 bits per heavy atom. The predicted molar refractivity (Wildman–Crippen MR) is 59.5 cm³/mol. The highest BCUT2D eigenvalue weighted by Gasteiger charge is 2.17. The number of hydrogen-bond acceptors (Lipinski definition) is 4. The summed E-state index contributed by atoms with van der Waals surface area (Å²) < 4.78 is 4.87. The number of fused-ring (bicyclic) bond motifs is 1. The van der Waals surface area contributed by atoms with E-state index in [0.717, 1.165) is 0 Å². The molecular formula is C12H11NO3. The van der Waals surface area contributed by atoms with Crippen molar-refractivity contribution in [1.82, 2.24) is 0 Å². The second kappa shape index (κ2) is 4.26. The van der Waals surface area contributed by atoms with Crippen molar-refractivity contribution in [2.45, 2.75) is 13.3 Å². The molecule has 0 aromatic heterocycles. The molecule has 0 atom stereocenters. The topological polar surface area (TPSA) is 55.7 Å². The molecule has 1 aromatic rings. The lowest BCUT2D eigenvalue weighted by Crippen LogP contribution is -2.09. The van der Waals surface area contributed by atoms with Crippen LogP contribution < -0.4 is 0 Å². The van der Waals surface area contributed by atoms with E-state index in [2.05, 4.69) is 4.99 Å². The Morgan fingerprint density at radius 3 is 3.06 bits per heavy atom. The van der Waals surface area contributed by atoms with E-state index in [4.69, 9.17) is 4.74 Å². The summed E-state index contributed by atoms with van der Waals surface area (Å²) in [6.45, 7) is 2.06. The van der Waals surface area contributed by atoms with Crippen LogP contribution in [0.2, 0.25) is 0 Å². The Hall–Kier alpha value is -1.97. The first-order valence-corrected chi connectivity index (χ1v) is 5.09. The van der Waals surface area contributed by atoms with Gasteiger partial charge in [0.25, 0.3) is 0 Å². The molecule has 0 fully saturated rings. The third kappa shape index (κ3) is 1.86. The van der Waals surface area contributed by atoms with E-state index in [0.29, 0.717) is 29.8 Å². The van der Waals surface area contributed by atoms with Crippen molar-refractivity contribution in [1.29, 1.82) is 0 Å². The molecule has 0 saturated heterocycles. The summed E-state index contributed by atoms with van der Waals surface area (Å²) in [5, 5.41) is 0. The van der Waals surface area contributed by atoms with E-state index in [-0.39, 0.29) is 5.78 Å². The van der Waals surface area contributed by atoms with Crippen molar-refractivity contribution >= 4 is 23.7 Å². The Balaban J connectivity index is 2.38. The molecule has 1 aliphatic rings. The third-order valence-electron chi connectivity index (χ3n) is 2.32. The number of rotatable bonds is 2. The summed E-state index contributed by atoms with van der Waals surface area (Å²) in [5.41, 5.74) is 1.50. The zero-order valence-electron chi connectivity index (χ0n) is 8.90. The SMILES string of the molecule is CCOC(=O)c1ccc2c(c1)C(=O)CC=N2. The molecular weight excluding hydrogens is 206 g/mol. The number of Topliss-reactive ketones (excluding diaryl/α,β-unsaturated/α-hetero) is 1. The molecule has 2 rings (SSSR count). The van der Waals surface area contributed by atoms with Gasteiger partial charge in [-0.25, -0.2) is 4.79 Å². The number of benzene rings is 1. The van der Waals surface area contributed by atoms with Gasteiger partial charge in [0.1, 0.15) is 0 Å². The van der Waals surface area contributed by atoms with Crippen molar-refractivity contribution in [3.05, 3.63) is 29.3 Å². The fourth-order valence-corrected chi connectivity index (χ4v) is 1.55. The summed E-state index contributed by atoms with van der Waals surface area (Å²) in [4.78, 5) is 27.1. The van der Waals surface area contributed by atoms with Gasteiger partial charge in [0.2, 0.25) is 0 Å². The van der Waals surface area contributed by atoms with Gasteiger partial charge >= 0.3 is 5.97 Å². The largest absolute Gasteiger partial charge is 0.462 e. The highest BCUT2D eigenvalue weighted by Crippen LogP contribution is 2.25. The smallest absolute Gasteiger partial charge is 0.338 e. The first-order chi connectivity index (χ1) is 7.72. The van der Waals surface area contributed by atoms with Gasteiger partial charge in [0, 0.05) is 18.2 Å². The van der Waals surface area contributed by atoms with Gasteiger partial charge in [-0.1, -0.05) is 0 Å². The van der Waals surface area contributed by atoms with Gasteiger partial charge in [-0.2, -0.15) is 0 Å². The van der Waals surface area contributed by atoms with Gasteiger partial charge in [-0.05, 0) is 25.1 Å². The number of aliphatic imine (C=N–C) groups is 1. The highest BCUT2D eigenvalue weighted by molar-refractivity contribution is 6.11. The standard InChI is InChI=1S/C12H11NO3/c1-2-16-12(15)8-3-4-10-9(7-8)11(14)5-6-13-10/h3-4,6-7H,2,5H2,1H3. The highest BCUT2D eigenvalue weighted by atomic mass is 16.5. The average molecular weight is 217 g/mol. The number of hydrogen-bond donors (Lipinski definition) is 0. The molecule has 4 heteroatoms. The van der Waals surface area contributed by atoms with E-state index in [1.807, 2.05) is 0 Å². The minimum atomic E-state index is -0.410. The molecule has 82 valence electrons. The van der Waals surface area contributed by atoms with Crippen LogP contribution in [0.1, 0.15) is 34.1 Å². The lowest BCUT2D eigenvalue weighted by Gasteiger charge is -2.09. The fourth-order valence-electron chi connectivity index (χ4n) is 1.55. The molecule has 16 heavy (non-hydrogen) atoms. The Bertz CT molecular complexity index is 477. The van der Waals surface area contributed by atoms with Crippen LogP contribution in [0.3, 0.4) is 0 Å². The number of esters is 1. The summed E-state index contributed by atoms with van der Waals surface area (Å²) in [6.07, 6.45) is 1.87. The quantitative estimate of drug-likeness (QED) is 0.713. The fraction of sp³-hybridized carbons (Fsp3) is 0.250. The summed E-state index contributed by atoms with van der Waals surface area (Å²) in [6, 6.07) is 4.83. The molecule has 0 amide bonds. The molecule has 0 aliphatic carbocycles. The molecule has 1 aliphatic heterocycles. The minimum Gasteiger partial charge on any atom is -0.462 e. The number of ketones is 1. The first kappa shape index (κ1) is 10.5.